The Morgan fingerprint density at radius 3 is 2.58 bits per heavy atom. The van der Waals surface area contributed by atoms with E-state index < -0.39 is 6.10 Å². The van der Waals surface area contributed by atoms with E-state index in [9.17, 15) is 5.11 Å². The van der Waals surface area contributed by atoms with Gasteiger partial charge in [0.05, 0.1) is 16.4 Å². The molecule has 0 aliphatic rings. The van der Waals surface area contributed by atoms with Crippen LogP contribution in [0.1, 0.15) is 48.4 Å². The number of aromatic nitrogens is 2. The van der Waals surface area contributed by atoms with Crippen LogP contribution >= 0.6 is 15.9 Å². The molecule has 1 aromatic heterocycles. The van der Waals surface area contributed by atoms with Crippen molar-refractivity contribution in [2.75, 3.05) is 0 Å². The molecule has 1 N–H and O–H groups in total. The summed E-state index contributed by atoms with van der Waals surface area (Å²) in [7, 11) is 0. The molecule has 2 rings (SSSR count). The second-order valence-corrected chi connectivity index (χ2v) is 6.03. The van der Waals surface area contributed by atoms with Crippen molar-refractivity contribution in [3.63, 3.8) is 0 Å². The molecule has 3 nitrogen and oxygen atoms in total. The lowest BCUT2D eigenvalue weighted by Gasteiger charge is -2.19. The van der Waals surface area contributed by atoms with Crippen molar-refractivity contribution < 1.29 is 5.11 Å². The largest absolute Gasteiger partial charge is 0.382 e. The van der Waals surface area contributed by atoms with Crippen molar-refractivity contribution in [2.24, 2.45) is 0 Å². The van der Waals surface area contributed by atoms with Gasteiger partial charge >= 0.3 is 0 Å². The topological polar surface area (TPSA) is 38.1 Å². The van der Waals surface area contributed by atoms with E-state index in [1.54, 1.807) is 6.20 Å². The van der Waals surface area contributed by atoms with Crippen molar-refractivity contribution in [2.45, 2.75) is 39.8 Å². The van der Waals surface area contributed by atoms with E-state index in [4.69, 9.17) is 0 Å². The number of nitrogens with zero attached hydrogens (tertiary/aromatic N) is 2. The van der Waals surface area contributed by atoms with E-state index in [0.29, 0.717) is 0 Å². The number of aliphatic hydroxyl groups excluding tert-OH is 1. The number of hydrogen-bond acceptors (Lipinski definition) is 2. The molecule has 1 aromatic carbocycles. The smallest absolute Gasteiger partial charge is 0.122 e. The Labute approximate surface area is 122 Å². The SMILES string of the molecule is Cc1ccc(C)c(C(O)c2c(Br)cnn2C(C)C)c1. The minimum Gasteiger partial charge on any atom is -0.382 e. The second kappa shape index (κ2) is 5.47. The highest BCUT2D eigenvalue weighted by atomic mass is 79.9. The first kappa shape index (κ1) is 14.3. The molecule has 1 unspecified atom stereocenters. The molecule has 0 aliphatic heterocycles. The molecule has 102 valence electrons. The molecule has 0 radical (unpaired) electrons. The third-order valence-corrected chi connectivity index (χ3v) is 3.88. The van der Waals surface area contributed by atoms with Crippen molar-refractivity contribution in [1.29, 1.82) is 0 Å². The molecule has 0 bridgehead atoms. The lowest BCUT2D eigenvalue weighted by atomic mass is 9.99. The highest BCUT2D eigenvalue weighted by Gasteiger charge is 2.22. The number of hydrogen-bond donors (Lipinski definition) is 1. The van der Waals surface area contributed by atoms with Crippen LogP contribution in [0.15, 0.2) is 28.9 Å². The first-order valence-electron chi connectivity index (χ1n) is 6.40. The maximum absolute atomic E-state index is 10.7. The summed E-state index contributed by atoms with van der Waals surface area (Å²) in [6, 6.07) is 6.34. The summed E-state index contributed by atoms with van der Waals surface area (Å²) in [6.07, 6.45) is 1.07. The molecule has 1 atom stereocenters. The molecule has 19 heavy (non-hydrogen) atoms. The summed E-state index contributed by atoms with van der Waals surface area (Å²) in [6.45, 7) is 8.16. The van der Waals surface area contributed by atoms with E-state index in [1.165, 1.54) is 0 Å². The van der Waals surface area contributed by atoms with E-state index in [1.807, 2.05) is 30.7 Å². The first-order chi connectivity index (χ1) is 8.91. The number of aliphatic hydroxyl groups is 1. The van der Waals surface area contributed by atoms with Crippen molar-refractivity contribution in [1.82, 2.24) is 9.78 Å². The molecular weight excluding hydrogens is 304 g/mol. The summed E-state index contributed by atoms with van der Waals surface area (Å²) in [5.74, 6) is 0. The fourth-order valence-corrected chi connectivity index (χ4v) is 2.71. The summed E-state index contributed by atoms with van der Waals surface area (Å²) >= 11 is 3.48. The third kappa shape index (κ3) is 2.74. The molecule has 0 saturated carbocycles. The van der Waals surface area contributed by atoms with Gasteiger partial charge in [0.25, 0.3) is 0 Å². The number of rotatable bonds is 3. The van der Waals surface area contributed by atoms with Gasteiger partial charge in [0, 0.05) is 6.04 Å². The number of halogens is 1. The fourth-order valence-electron chi connectivity index (χ4n) is 2.22. The lowest BCUT2D eigenvalue weighted by Crippen LogP contribution is -2.13. The van der Waals surface area contributed by atoms with Gasteiger partial charge in [0.15, 0.2) is 0 Å². The molecular formula is C15H19BrN2O. The maximum Gasteiger partial charge on any atom is 0.122 e. The van der Waals surface area contributed by atoms with Crippen LogP contribution < -0.4 is 0 Å². The van der Waals surface area contributed by atoms with E-state index in [0.717, 1.165) is 26.9 Å². The minimum atomic E-state index is -0.667. The Balaban J connectivity index is 2.52. The Morgan fingerprint density at radius 1 is 1.26 bits per heavy atom. The summed E-state index contributed by atoms with van der Waals surface area (Å²) in [5.41, 5.74) is 3.97. The summed E-state index contributed by atoms with van der Waals surface area (Å²) in [5, 5.41) is 15.0. The molecule has 2 aromatic rings. The Hall–Kier alpha value is -1.13. The number of benzene rings is 1. The zero-order valence-corrected chi connectivity index (χ0v) is 13.3. The average molecular weight is 323 g/mol. The Kier molecular flexibility index (Phi) is 4.11. The standard InChI is InChI=1S/C15H19BrN2O/c1-9(2)18-14(13(16)8-17-18)15(19)12-7-10(3)5-6-11(12)4/h5-9,15,19H,1-4H3. The van der Waals surface area contributed by atoms with Gasteiger partial charge in [-0.25, -0.2) is 0 Å². The van der Waals surface area contributed by atoms with Gasteiger partial charge < -0.3 is 5.11 Å². The second-order valence-electron chi connectivity index (χ2n) is 5.18. The van der Waals surface area contributed by atoms with Crippen LogP contribution in [-0.2, 0) is 0 Å². The molecule has 0 spiro atoms. The van der Waals surface area contributed by atoms with Crippen LogP contribution in [0.5, 0.6) is 0 Å². The van der Waals surface area contributed by atoms with Crippen molar-refractivity contribution in [3.8, 4) is 0 Å². The molecule has 0 aliphatic carbocycles. The minimum absolute atomic E-state index is 0.209. The fraction of sp³-hybridized carbons (Fsp3) is 0.400. The predicted octanol–water partition coefficient (Wildman–Crippen LogP) is 3.93. The highest BCUT2D eigenvalue weighted by Crippen LogP contribution is 2.32. The van der Waals surface area contributed by atoms with E-state index >= 15 is 0 Å². The quantitative estimate of drug-likeness (QED) is 0.929. The van der Waals surface area contributed by atoms with Crippen LogP contribution in [0.4, 0.5) is 0 Å². The maximum atomic E-state index is 10.7. The first-order valence-corrected chi connectivity index (χ1v) is 7.19. The summed E-state index contributed by atoms with van der Waals surface area (Å²) < 4.78 is 2.70. The van der Waals surface area contributed by atoms with Crippen LogP contribution in [0.3, 0.4) is 0 Å². The number of aryl methyl sites for hydroxylation is 2. The summed E-state index contributed by atoms with van der Waals surface area (Å²) in [4.78, 5) is 0. The third-order valence-electron chi connectivity index (χ3n) is 3.26. The molecule has 0 saturated heterocycles. The molecule has 1 heterocycles. The van der Waals surface area contributed by atoms with Gasteiger partial charge in [0.1, 0.15) is 6.10 Å². The molecule has 4 heteroatoms. The van der Waals surface area contributed by atoms with E-state index in [-0.39, 0.29) is 6.04 Å². The van der Waals surface area contributed by atoms with Crippen molar-refractivity contribution in [3.05, 3.63) is 51.3 Å². The normalized spacial score (nSPS) is 13.0. The highest BCUT2D eigenvalue weighted by molar-refractivity contribution is 9.10. The Bertz CT molecular complexity index is 590. The zero-order chi connectivity index (χ0) is 14.2. The van der Waals surface area contributed by atoms with Crippen LogP contribution in [0, 0.1) is 13.8 Å². The zero-order valence-electron chi connectivity index (χ0n) is 11.7. The van der Waals surface area contributed by atoms with Gasteiger partial charge in [-0.2, -0.15) is 5.10 Å². The van der Waals surface area contributed by atoms with Crippen LogP contribution in [0.2, 0.25) is 0 Å². The van der Waals surface area contributed by atoms with Crippen molar-refractivity contribution >= 4 is 15.9 Å². The Morgan fingerprint density at radius 2 is 1.95 bits per heavy atom. The van der Waals surface area contributed by atoms with Gasteiger partial charge in [-0.05, 0) is 54.8 Å². The van der Waals surface area contributed by atoms with Gasteiger partial charge in [-0.3, -0.25) is 4.68 Å². The van der Waals surface area contributed by atoms with E-state index in [2.05, 4.69) is 40.9 Å². The van der Waals surface area contributed by atoms with Crippen LogP contribution in [-0.4, -0.2) is 14.9 Å². The average Bonchev–Trinajstić information content (AvgIpc) is 2.73. The monoisotopic (exact) mass is 322 g/mol. The molecule has 0 fully saturated rings. The van der Waals surface area contributed by atoms with Gasteiger partial charge in [0.2, 0.25) is 0 Å². The van der Waals surface area contributed by atoms with Crippen LogP contribution in [0.25, 0.3) is 0 Å². The lowest BCUT2D eigenvalue weighted by molar-refractivity contribution is 0.203. The van der Waals surface area contributed by atoms with Gasteiger partial charge in [-0.1, -0.05) is 23.8 Å². The van der Waals surface area contributed by atoms with Gasteiger partial charge in [-0.15, -0.1) is 0 Å². The molecule has 0 amide bonds. The predicted molar refractivity (Wildman–Crippen MR) is 80.3 cm³/mol.